The number of carbonyl (C=O) groups is 1. The SMILES string of the molecule is Cc1nc(-c2ccccc2)sc1C(C)NC(=O)C1CC12CCNCC2.Cl. The second-order valence-corrected chi connectivity index (χ2v) is 8.46. The molecule has 1 aliphatic carbocycles. The molecule has 2 unspecified atom stereocenters. The molecule has 0 bridgehead atoms. The van der Waals surface area contributed by atoms with E-state index in [0.29, 0.717) is 0 Å². The van der Waals surface area contributed by atoms with Gasteiger partial charge in [0.2, 0.25) is 5.91 Å². The molecule has 1 aromatic carbocycles. The largest absolute Gasteiger partial charge is 0.348 e. The highest BCUT2D eigenvalue weighted by molar-refractivity contribution is 7.15. The first-order valence-corrected chi connectivity index (χ1v) is 9.94. The molecule has 1 amide bonds. The number of hydrogen-bond acceptors (Lipinski definition) is 4. The molecule has 2 aliphatic rings. The standard InChI is InChI=1S/C20H25N3OS.ClH/c1-13(22-18(24)16-12-20(16)8-10-21-11-9-20)17-14(2)23-19(25-17)15-6-4-3-5-7-15;/h3-7,13,16,21H,8-12H2,1-2H3,(H,22,24);1H. The molecule has 140 valence electrons. The van der Waals surface area contributed by atoms with Gasteiger partial charge >= 0.3 is 0 Å². The van der Waals surface area contributed by atoms with Crippen LogP contribution in [0, 0.1) is 18.3 Å². The summed E-state index contributed by atoms with van der Waals surface area (Å²) in [6.07, 6.45) is 3.33. The Morgan fingerprint density at radius 3 is 2.69 bits per heavy atom. The maximum Gasteiger partial charge on any atom is 0.224 e. The van der Waals surface area contributed by atoms with E-state index in [1.165, 1.54) is 0 Å². The Balaban J connectivity index is 0.00000196. The molecule has 1 saturated carbocycles. The summed E-state index contributed by atoms with van der Waals surface area (Å²) in [7, 11) is 0. The normalized spacial score (nSPS) is 21.7. The van der Waals surface area contributed by atoms with Crippen molar-refractivity contribution in [3.63, 3.8) is 0 Å². The minimum Gasteiger partial charge on any atom is -0.348 e. The minimum atomic E-state index is 0. The van der Waals surface area contributed by atoms with Gasteiger partial charge in [-0.25, -0.2) is 4.98 Å². The molecule has 0 radical (unpaired) electrons. The number of aryl methyl sites for hydroxylation is 1. The van der Waals surface area contributed by atoms with Crippen LogP contribution in [0.5, 0.6) is 0 Å². The van der Waals surface area contributed by atoms with Gasteiger partial charge in [0.25, 0.3) is 0 Å². The van der Waals surface area contributed by atoms with E-state index in [-0.39, 0.29) is 35.7 Å². The highest BCUT2D eigenvalue weighted by Crippen LogP contribution is 2.58. The number of nitrogens with one attached hydrogen (secondary N) is 2. The number of benzene rings is 1. The first-order valence-electron chi connectivity index (χ1n) is 9.13. The molecule has 1 spiro atoms. The Kier molecular flexibility index (Phi) is 5.70. The van der Waals surface area contributed by atoms with Crippen molar-refractivity contribution in [3.05, 3.63) is 40.9 Å². The fourth-order valence-electron chi connectivity index (χ4n) is 4.09. The number of hydrogen-bond donors (Lipinski definition) is 2. The lowest BCUT2D eigenvalue weighted by atomic mass is 9.91. The van der Waals surface area contributed by atoms with E-state index in [9.17, 15) is 4.79 Å². The summed E-state index contributed by atoms with van der Waals surface area (Å²) in [5.74, 6) is 0.433. The zero-order chi connectivity index (χ0) is 17.4. The van der Waals surface area contributed by atoms with Crippen LogP contribution in [0.4, 0.5) is 0 Å². The highest BCUT2D eigenvalue weighted by atomic mass is 35.5. The molecule has 4 rings (SSSR count). The zero-order valence-corrected chi connectivity index (χ0v) is 16.9. The Morgan fingerprint density at radius 1 is 1.31 bits per heavy atom. The van der Waals surface area contributed by atoms with E-state index in [0.717, 1.165) is 53.5 Å². The molecule has 2 fully saturated rings. The fraction of sp³-hybridized carbons (Fsp3) is 0.500. The van der Waals surface area contributed by atoms with Crippen LogP contribution in [0.25, 0.3) is 10.6 Å². The number of amides is 1. The van der Waals surface area contributed by atoms with Crippen molar-refractivity contribution >= 4 is 29.7 Å². The van der Waals surface area contributed by atoms with Gasteiger partial charge in [0.15, 0.2) is 0 Å². The Bertz CT molecular complexity index is 771. The number of nitrogens with zero attached hydrogens (tertiary/aromatic N) is 1. The Labute approximate surface area is 165 Å². The second-order valence-electron chi connectivity index (χ2n) is 7.43. The van der Waals surface area contributed by atoms with E-state index >= 15 is 0 Å². The topological polar surface area (TPSA) is 54.0 Å². The maximum absolute atomic E-state index is 12.7. The number of thiazole rings is 1. The summed E-state index contributed by atoms with van der Waals surface area (Å²) in [5.41, 5.74) is 2.44. The van der Waals surface area contributed by atoms with E-state index < -0.39 is 0 Å². The Morgan fingerprint density at radius 2 is 2.00 bits per heavy atom. The van der Waals surface area contributed by atoms with Crippen molar-refractivity contribution in [2.45, 2.75) is 39.2 Å². The molecular formula is C20H26ClN3OS. The van der Waals surface area contributed by atoms with Gasteiger partial charge in [0, 0.05) is 11.5 Å². The summed E-state index contributed by atoms with van der Waals surface area (Å²) in [4.78, 5) is 18.6. The number of carbonyl (C=O) groups excluding carboxylic acids is 1. The van der Waals surface area contributed by atoms with E-state index in [4.69, 9.17) is 4.98 Å². The number of rotatable bonds is 4. The molecule has 2 N–H and O–H groups in total. The van der Waals surface area contributed by atoms with Crippen LogP contribution in [-0.4, -0.2) is 24.0 Å². The zero-order valence-electron chi connectivity index (χ0n) is 15.2. The summed E-state index contributed by atoms with van der Waals surface area (Å²) in [6, 6.07) is 10.2. The first-order chi connectivity index (χ1) is 12.1. The highest BCUT2D eigenvalue weighted by Gasteiger charge is 2.57. The van der Waals surface area contributed by atoms with Crippen LogP contribution in [0.3, 0.4) is 0 Å². The lowest BCUT2D eigenvalue weighted by Crippen LogP contribution is -2.34. The quantitative estimate of drug-likeness (QED) is 0.824. The lowest BCUT2D eigenvalue weighted by molar-refractivity contribution is -0.123. The minimum absolute atomic E-state index is 0. The summed E-state index contributed by atoms with van der Waals surface area (Å²) >= 11 is 1.69. The fourth-order valence-corrected chi connectivity index (χ4v) is 5.16. The third-order valence-electron chi connectivity index (χ3n) is 5.71. The van der Waals surface area contributed by atoms with Crippen LogP contribution in [0.1, 0.15) is 42.8 Å². The van der Waals surface area contributed by atoms with Gasteiger partial charge in [-0.3, -0.25) is 4.79 Å². The van der Waals surface area contributed by atoms with Gasteiger partial charge in [0.05, 0.1) is 16.6 Å². The third-order valence-corrected chi connectivity index (χ3v) is 7.10. The molecule has 2 aromatic rings. The molecular weight excluding hydrogens is 366 g/mol. The van der Waals surface area contributed by atoms with Crippen LogP contribution in [0.2, 0.25) is 0 Å². The van der Waals surface area contributed by atoms with Gasteiger partial charge in [-0.05, 0) is 51.6 Å². The molecule has 26 heavy (non-hydrogen) atoms. The summed E-state index contributed by atoms with van der Waals surface area (Å²) in [6.45, 7) is 6.21. The summed E-state index contributed by atoms with van der Waals surface area (Å²) < 4.78 is 0. The molecule has 1 aliphatic heterocycles. The van der Waals surface area contributed by atoms with Crippen molar-refractivity contribution in [1.82, 2.24) is 15.6 Å². The van der Waals surface area contributed by atoms with Crippen molar-refractivity contribution in [2.75, 3.05) is 13.1 Å². The summed E-state index contributed by atoms with van der Waals surface area (Å²) in [5, 5.41) is 7.66. The third kappa shape index (κ3) is 3.66. The number of halogens is 1. The Hall–Kier alpha value is -1.43. The van der Waals surface area contributed by atoms with E-state index in [1.807, 2.05) is 25.1 Å². The molecule has 4 nitrogen and oxygen atoms in total. The molecule has 6 heteroatoms. The van der Waals surface area contributed by atoms with Gasteiger partial charge in [-0.1, -0.05) is 30.3 Å². The smallest absolute Gasteiger partial charge is 0.224 e. The predicted molar refractivity (Wildman–Crippen MR) is 109 cm³/mol. The van der Waals surface area contributed by atoms with Crippen LogP contribution in [-0.2, 0) is 4.79 Å². The lowest BCUT2D eigenvalue weighted by Gasteiger charge is -2.23. The van der Waals surface area contributed by atoms with Gasteiger partial charge < -0.3 is 10.6 Å². The van der Waals surface area contributed by atoms with Crippen LogP contribution < -0.4 is 10.6 Å². The molecule has 2 heterocycles. The van der Waals surface area contributed by atoms with E-state index in [2.05, 4.69) is 29.7 Å². The average molecular weight is 392 g/mol. The molecule has 1 aromatic heterocycles. The van der Waals surface area contributed by atoms with Crippen molar-refractivity contribution in [3.8, 4) is 10.6 Å². The average Bonchev–Trinajstić information content (AvgIpc) is 3.17. The monoisotopic (exact) mass is 391 g/mol. The maximum atomic E-state index is 12.7. The van der Waals surface area contributed by atoms with Crippen molar-refractivity contribution < 1.29 is 4.79 Å². The molecule has 2 atom stereocenters. The number of aromatic nitrogens is 1. The molecule has 1 saturated heterocycles. The predicted octanol–water partition coefficient (Wildman–Crippen LogP) is 4.11. The van der Waals surface area contributed by atoms with Gasteiger partial charge in [-0.15, -0.1) is 23.7 Å². The first kappa shape index (κ1) is 19.3. The van der Waals surface area contributed by atoms with E-state index in [1.54, 1.807) is 11.3 Å². The van der Waals surface area contributed by atoms with Crippen molar-refractivity contribution in [2.24, 2.45) is 11.3 Å². The van der Waals surface area contributed by atoms with Crippen LogP contribution >= 0.6 is 23.7 Å². The number of piperidine rings is 1. The van der Waals surface area contributed by atoms with Gasteiger partial charge in [0.1, 0.15) is 5.01 Å². The van der Waals surface area contributed by atoms with Crippen LogP contribution in [0.15, 0.2) is 30.3 Å². The van der Waals surface area contributed by atoms with Gasteiger partial charge in [-0.2, -0.15) is 0 Å². The van der Waals surface area contributed by atoms with Crippen molar-refractivity contribution in [1.29, 1.82) is 0 Å². The second kappa shape index (κ2) is 7.67.